The summed E-state index contributed by atoms with van der Waals surface area (Å²) in [7, 11) is 0. The van der Waals surface area contributed by atoms with Crippen LogP contribution in [0.4, 0.5) is 0 Å². The van der Waals surface area contributed by atoms with Crippen LogP contribution in [0.3, 0.4) is 0 Å². The van der Waals surface area contributed by atoms with E-state index in [1.165, 1.54) is 5.39 Å². The molecule has 4 rings (SSSR count). The molecule has 0 amide bonds. The number of hydrogen-bond acceptors (Lipinski definition) is 4. The molecule has 0 radical (unpaired) electrons. The van der Waals surface area contributed by atoms with Gasteiger partial charge in [-0.2, -0.15) is 0 Å². The van der Waals surface area contributed by atoms with Gasteiger partial charge in [0.2, 0.25) is 0 Å². The molecule has 1 aromatic heterocycles. The van der Waals surface area contributed by atoms with E-state index in [9.17, 15) is 0 Å². The molecule has 1 aliphatic rings. The number of ether oxygens (including phenoxy) is 1. The lowest BCUT2D eigenvalue weighted by atomic mass is 10.2. The van der Waals surface area contributed by atoms with Gasteiger partial charge < -0.3 is 10.1 Å². The zero-order chi connectivity index (χ0) is 16.5. The van der Waals surface area contributed by atoms with Crippen molar-refractivity contribution >= 4 is 23.0 Å². The summed E-state index contributed by atoms with van der Waals surface area (Å²) in [5, 5.41) is 4.18. The van der Waals surface area contributed by atoms with Gasteiger partial charge in [-0.15, -0.1) is 0 Å². The number of hydrogen-bond donors (Lipinski definition) is 1. The second-order valence-electron chi connectivity index (χ2n) is 5.12. The number of pyridine rings is 1. The Bertz CT molecular complexity index is 763. The van der Waals surface area contributed by atoms with E-state index in [-0.39, 0.29) is 0 Å². The van der Waals surface area contributed by atoms with E-state index in [1.54, 1.807) is 0 Å². The molecule has 0 bridgehead atoms. The topological polar surface area (TPSA) is 46.5 Å². The Balaban J connectivity index is 0.000000149. The third-order valence-corrected chi connectivity index (χ3v) is 3.38. The van der Waals surface area contributed by atoms with Crippen LogP contribution in [0.5, 0.6) is 0 Å². The molecule has 0 aliphatic carbocycles. The molecule has 0 unspecified atom stereocenters. The van der Waals surface area contributed by atoms with Gasteiger partial charge in [0.25, 0.3) is 6.02 Å². The standard InChI is InChI=1S/C11H12N2O.C9H7N/c1-2-4-10(5-3-1)6-7-12-11-13-8-9-14-11;1-2-6-9-8(4-1)5-3-7-10-9/h1-7H,8-9H2,(H,12,13);1-7H. The molecule has 3 aromatic rings. The third-order valence-electron chi connectivity index (χ3n) is 3.38. The number of rotatable bonds is 2. The smallest absolute Gasteiger partial charge is 0.288 e. The van der Waals surface area contributed by atoms with E-state index < -0.39 is 0 Å². The van der Waals surface area contributed by atoms with Crippen LogP contribution in [0, 0.1) is 0 Å². The van der Waals surface area contributed by atoms with Gasteiger partial charge in [0.15, 0.2) is 0 Å². The van der Waals surface area contributed by atoms with Crippen LogP contribution in [0.25, 0.3) is 17.0 Å². The highest BCUT2D eigenvalue weighted by Gasteiger charge is 2.02. The highest BCUT2D eigenvalue weighted by atomic mass is 16.5. The minimum absolute atomic E-state index is 0.609. The number of nitrogens with one attached hydrogen (secondary N) is 1. The normalized spacial score (nSPS) is 13.1. The van der Waals surface area contributed by atoms with E-state index in [4.69, 9.17) is 4.74 Å². The predicted octanol–water partition coefficient (Wildman–Crippen LogP) is 3.87. The van der Waals surface area contributed by atoms with Crippen molar-refractivity contribution in [3.63, 3.8) is 0 Å². The number of aromatic nitrogens is 1. The van der Waals surface area contributed by atoms with Gasteiger partial charge in [-0.3, -0.25) is 4.98 Å². The van der Waals surface area contributed by atoms with Crippen LogP contribution >= 0.6 is 0 Å². The Morgan fingerprint density at radius 2 is 1.71 bits per heavy atom. The van der Waals surface area contributed by atoms with Gasteiger partial charge in [-0.1, -0.05) is 54.6 Å². The molecular weight excluding hydrogens is 298 g/mol. The SMILES string of the molecule is C(=Cc1ccccc1)NC1=NCCO1.c1ccc2ncccc2c1. The van der Waals surface area contributed by atoms with Crippen molar-refractivity contribution in [2.75, 3.05) is 13.2 Å². The fraction of sp³-hybridized carbons (Fsp3) is 0.100. The summed E-state index contributed by atoms with van der Waals surface area (Å²) >= 11 is 0. The van der Waals surface area contributed by atoms with E-state index >= 15 is 0 Å². The highest BCUT2D eigenvalue weighted by Crippen LogP contribution is 2.07. The first-order valence-corrected chi connectivity index (χ1v) is 7.87. The summed E-state index contributed by atoms with van der Waals surface area (Å²) in [5.74, 6) is 0. The lowest BCUT2D eigenvalue weighted by Crippen LogP contribution is -2.16. The van der Waals surface area contributed by atoms with Gasteiger partial charge in [0.05, 0.1) is 12.1 Å². The Kier molecular flexibility index (Phi) is 5.56. The molecule has 1 aliphatic heterocycles. The largest absolute Gasteiger partial charge is 0.463 e. The number of fused-ring (bicyclic) bond motifs is 1. The number of aliphatic imine (C=N–C) groups is 1. The summed E-state index contributed by atoms with van der Waals surface area (Å²) in [4.78, 5) is 8.28. The molecule has 0 spiro atoms. The zero-order valence-corrected chi connectivity index (χ0v) is 13.3. The van der Waals surface area contributed by atoms with Crippen LogP contribution in [-0.4, -0.2) is 24.2 Å². The van der Waals surface area contributed by atoms with Gasteiger partial charge in [0, 0.05) is 17.8 Å². The van der Waals surface area contributed by atoms with E-state index in [1.807, 2.05) is 73.1 Å². The molecule has 4 nitrogen and oxygen atoms in total. The van der Waals surface area contributed by atoms with Crippen molar-refractivity contribution in [1.82, 2.24) is 10.3 Å². The Labute approximate surface area is 141 Å². The van der Waals surface area contributed by atoms with Gasteiger partial charge in [-0.05, 0) is 23.8 Å². The molecule has 0 atom stereocenters. The fourth-order valence-electron chi connectivity index (χ4n) is 2.21. The number of nitrogens with zero attached hydrogens (tertiary/aromatic N) is 2. The molecule has 2 heterocycles. The monoisotopic (exact) mass is 317 g/mol. The summed E-state index contributed by atoms with van der Waals surface area (Å²) in [6, 6.07) is 22.8. The van der Waals surface area contributed by atoms with Crippen LogP contribution in [-0.2, 0) is 4.74 Å². The molecule has 0 saturated heterocycles. The lowest BCUT2D eigenvalue weighted by Gasteiger charge is -1.98. The maximum Gasteiger partial charge on any atom is 0.288 e. The molecule has 0 fully saturated rings. The predicted molar refractivity (Wildman–Crippen MR) is 98.6 cm³/mol. The highest BCUT2D eigenvalue weighted by molar-refractivity contribution is 5.77. The molecule has 120 valence electrons. The van der Waals surface area contributed by atoms with Gasteiger partial charge in [0.1, 0.15) is 6.61 Å². The molecule has 0 saturated carbocycles. The summed E-state index contributed by atoms with van der Waals surface area (Å²) in [6.07, 6.45) is 5.62. The molecule has 4 heteroatoms. The maximum atomic E-state index is 5.18. The van der Waals surface area contributed by atoms with Gasteiger partial charge >= 0.3 is 0 Å². The van der Waals surface area contributed by atoms with E-state index in [2.05, 4.69) is 27.4 Å². The van der Waals surface area contributed by atoms with E-state index in [0.29, 0.717) is 12.6 Å². The lowest BCUT2D eigenvalue weighted by molar-refractivity contribution is 0.336. The van der Waals surface area contributed by atoms with Crippen LogP contribution in [0.2, 0.25) is 0 Å². The second kappa shape index (κ2) is 8.48. The quantitative estimate of drug-likeness (QED) is 0.780. The Morgan fingerprint density at radius 3 is 2.50 bits per heavy atom. The fourth-order valence-corrected chi connectivity index (χ4v) is 2.21. The van der Waals surface area contributed by atoms with Crippen LogP contribution in [0.1, 0.15) is 5.56 Å². The molecule has 2 aromatic carbocycles. The molecule has 1 N–H and O–H groups in total. The summed E-state index contributed by atoms with van der Waals surface area (Å²) in [5.41, 5.74) is 2.21. The minimum atomic E-state index is 0.609. The zero-order valence-electron chi connectivity index (χ0n) is 13.3. The first-order valence-electron chi connectivity index (χ1n) is 7.87. The average molecular weight is 317 g/mol. The van der Waals surface area contributed by atoms with Gasteiger partial charge in [-0.25, -0.2) is 4.99 Å². The average Bonchev–Trinajstić information content (AvgIpc) is 3.17. The van der Waals surface area contributed by atoms with Crippen molar-refractivity contribution in [3.8, 4) is 0 Å². The van der Waals surface area contributed by atoms with Crippen molar-refractivity contribution in [2.24, 2.45) is 4.99 Å². The Morgan fingerprint density at radius 1 is 0.917 bits per heavy atom. The third kappa shape index (κ3) is 4.68. The number of para-hydroxylation sites is 1. The van der Waals surface area contributed by atoms with Crippen LogP contribution in [0.15, 0.2) is 84.1 Å². The molecular formula is C20H19N3O. The van der Waals surface area contributed by atoms with Crippen molar-refractivity contribution < 1.29 is 4.74 Å². The number of amidine groups is 1. The Hall–Kier alpha value is -3.14. The first-order chi connectivity index (χ1) is 11.9. The summed E-state index contributed by atoms with van der Waals surface area (Å²) < 4.78 is 5.18. The maximum absolute atomic E-state index is 5.18. The van der Waals surface area contributed by atoms with Crippen molar-refractivity contribution in [1.29, 1.82) is 0 Å². The van der Waals surface area contributed by atoms with Crippen molar-refractivity contribution in [2.45, 2.75) is 0 Å². The minimum Gasteiger partial charge on any atom is -0.463 e. The second-order valence-corrected chi connectivity index (χ2v) is 5.12. The first kappa shape index (κ1) is 15.7. The van der Waals surface area contributed by atoms with E-state index in [0.717, 1.165) is 17.6 Å². The molecule has 24 heavy (non-hydrogen) atoms. The summed E-state index contributed by atoms with van der Waals surface area (Å²) in [6.45, 7) is 1.43. The van der Waals surface area contributed by atoms with Crippen LogP contribution < -0.4 is 5.32 Å². The van der Waals surface area contributed by atoms with Crippen molar-refractivity contribution in [3.05, 3.63) is 84.7 Å². The number of benzene rings is 2.